The summed E-state index contributed by atoms with van der Waals surface area (Å²) in [5, 5.41) is 0. The molecule has 0 saturated heterocycles. The highest BCUT2D eigenvalue weighted by molar-refractivity contribution is 4.70. The molecule has 0 rings (SSSR count). The van der Waals surface area contributed by atoms with Crippen molar-refractivity contribution in [2.75, 3.05) is 7.11 Å². The average Bonchev–Trinajstić information content (AvgIpc) is 2.29. The summed E-state index contributed by atoms with van der Waals surface area (Å²) in [7, 11) is 1.80. The van der Waals surface area contributed by atoms with Gasteiger partial charge in [0, 0.05) is 7.11 Å². The van der Waals surface area contributed by atoms with Gasteiger partial charge in [-0.2, -0.15) is 0 Å². The highest BCUT2D eigenvalue weighted by Crippen LogP contribution is 2.19. The van der Waals surface area contributed by atoms with Crippen LogP contribution in [0.25, 0.3) is 0 Å². The molecule has 0 spiro atoms. The summed E-state index contributed by atoms with van der Waals surface area (Å²) in [4.78, 5) is 0. The molecular formula is C16H32O. The Morgan fingerprint density at radius 3 is 2.00 bits per heavy atom. The fourth-order valence-corrected chi connectivity index (χ4v) is 2.23. The molecule has 0 saturated carbocycles. The van der Waals surface area contributed by atoms with Crippen LogP contribution in [-0.4, -0.2) is 13.2 Å². The van der Waals surface area contributed by atoms with E-state index in [9.17, 15) is 0 Å². The minimum Gasteiger partial charge on any atom is -0.382 e. The predicted octanol–water partition coefficient (Wildman–Crippen LogP) is 5.21. The van der Waals surface area contributed by atoms with Gasteiger partial charge in [-0.1, -0.05) is 52.0 Å². The molecular weight excluding hydrogens is 208 g/mol. The fourth-order valence-electron chi connectivity index (χ4n) is 2.23. The lowest BCUT2D eigenvalue weighted by Gasteiger charge is -2.14. The van der Waals surface area contributed by atoms with Crippen LogP contribution >= 0.6 is 0 Å². The molecule has 0 heterocycles. The maximum Gasteiger partial charge on any atom is 0.0543 e. The lowest BCUT2D eigenvalue weighted by molar-refractivity contribution is 0.107. The van der Waals surface area contributed by atoms with Gasteiger partial charge in [0.15, 0.2) is 0 Å². The SMILES string of the molecule is C=CCC(C)CCCC(C)CCCC(C)OC. The van der Waals surface area contributed by atoms with Crippen LogP contribution in [0, 0.1) is 11.8 Å². The molecule has 1 heteroatoms. The summed E-state index contributed by atoms with van der Waals surface area (Å²) in [5.41, 5.74) is 0. The second-order valence-corrected chi connectivity index (χ2v) is 5.64. The zero-order chi connectivity index (χ0) is 13.1. The van der Waals surface area contributed by atoms with Gasteiger partial charge in [0.25, 0.3) is 0 Å². The van der Waals surface area contributed by atoms with Crippen molar-refractivity contribution in [3.63, 3.8) is 0 Å². The Morgan fingerprint density at radius 1 is 0.941 bits per heavy atom. The third-order valence-electron chi connectivity index (χ3n) is 3.67. The Bertz CT molecular complexity index is 176. The highest BCUT2D eigenvalue weighted by atomic mass is 16.5. The van der Waals surface area contributed by atoms with Crippen LogP contribution in [0.4, 0.5) is 0 Å². The first-order chi connectivity index (χ1) is 8.10. The predicted molar refractivity (Wildman–Crippen MR) is 77.3 cm³/mol. The summed E-state index contributed by atoms with van der Waals surface area (Å²) in [6.07, 6.45) is 11.6. The van der Waals surface area contributed by atoms with Gasteiger partial charge in [-0.3, -0.25) is 0 Å². The first-order valence-electron chi connectivity index (χ1n) is 7.23. The van der Waals surface area contributed by atoms with Crippen LogP contribution in [0.15, 0.2) is 12.7 Å². The van der Waals surface area contributed by atoms with Gasteiger partial charge in [-0.25, -0.2) is 0 Å². The highest BCUT2D eigenvalue weighted by Gasteiger charge is 2.06. The molecule has 0 fully saturated rings. The number of allylic oxidation sites excluding steroid dienone is 1. The maximum atomic E-state index is 5.26. The van der Waals surface area contributed by atoms with E-state index in [2.05, 4.69) is 27.4 Å². The van der Waals surface area contributed by atoms with Crippen molar-refractivity contribution in [1.29, 1.82) is 0 Å². The number of rotatable bonds is 11. The van der Waals surface area contributed by atoms with E-state index >= 15 is 0 Å². The molecule has 102 valence electrons. The molecule has 1 nitrogen and oxygen atoms in total. The van der Waals surface area contributed by atoms with E-state index in [1.54, 1.807) is 7.11 Å². The lowest BCUT2D eigenvalue weighted by Crippen LogP contribution is -2.05. The number of methoxy groups -OCH3 is 1. The molecule has 0 amide bonds. The number of ether oxygens (including phenoxy) is 1. The minimum absolute atomic E-state index is 0.426. The zero-order valence-electron chi connectivity index (χ0n) is 12.4. The Labute approximate surface area is 109 Å². The molecule has 0 aromatic rings. The van der Waals surface area contributed by atoms with Crippen LogP contribution in [0.3, 0.4) is 0 Å². The van der Waals surface area contributed by atoms with E-state index < -0.39 is 0 Å². The van der Waals surface area contributed by atoms with E-state index in [4.69, 9.17) is 4.74 Å². The van der Waals surface area contributed by atoms with Crippen molar-refractivity contribution in [3.8, 4) is 0 Å². The van der Waals surface area contributed by atoms with Crippen molar-refractivity contribution in [3.05, 3.63) is 12.7 Å². The second-order valence-electron chi connectivity index (χ2n) is 5.64. The molecule has 17 heavy (non-hydrogen) atoms. The van der Waals surface area contributed by atoms with Gasteiger partial charge in [-0.15, -0.1) is 6.58 Å². The molecule has 0 aliphatic carbocycles. The molecule has 0 aromatic carbocycles. The normalized spacial score (nSPS) is 16.5. The molecule has 3 atom stereocenters. The van der Waals surface area contributed by atoms with Gasteiger partial charge in [0.2, 0.25) is 0 Å². The van der Waals surface area contributed by atoms with Crippen molar-refractivity contribution < 1.29 is 4.74 Å². The average molecular weight is 240 g/mol. The third-order valence-corrected chi connectivity index (χ3v) is 3.67. The molecule has 3 unspecified atom stereocenters. The van der Waals surface area contributed by atoms with Crippen molar-refractivity contribution in [2.45, 2.75) is 71.8 Å². The van der Waals surface area contributed by atoms with Crippen LogP contribution < -0.4 is 0 Å². The molecule has 0 N–H and O–H groups in total. The summed E-state index contributed by atoms with van der Waals surface area (Å²) in [6, 6.07) is 0. The Hall–Kier alpha value is -0.300. The van der Waals surface area contributed by atoms with Gasteiger partial charge < -0.3 is 4.74 Å². The summed E-state index contributed by atoms with van der Waals surface area (Å²) in [6.45, 7) is 10.7. The largest absolute Gasteiger partial charge is 0.382 e. The minimum atomic E-state index is 0.426. The van der Waals surface area contributed by atoms with Gasteiger partial charge in [0.05, 0.1) is 6.10 Å². The molecule has 0 aliphatic heterocycles. The quantitative estimate of drug-likeness (QED) is 0.450. The topological polar surface area (TPSA) is 9.23 Å². The Balaban J connectivity index is 3.40. The van der Waals surface area contributed by atoms with Crippen LogP contribution in [0.1, 0.15) is 65.7 Å². The first kappa shape index (κ1) is 16.7. The fraction of sp³-hybridized carbons (Fsp3) is 0.875. The van der Waals surface area contributed by atoms with Gasteiger partial charge in [0.1, 0.15) is 0 Å². The van der Waals surface area contributed by atoms with E-state index in [0.717, 1.165) is 11.8 Å². The van der Waals surface area contributed by atoms with E-state index in [1.807, 2.05) is 6.08 Å². The summed E-state index contributed by atoms with van der Waals surface area (Å²) >= 11 is 0. The van der Waals surface area contributed by atoms with Gasteiger partial charge >= 0.3 is 0 Å². The molecule has 0 aliphatic rings. The molecule has 0 radical (unpaired) electrons. The lowest BCUT2D eigenvalue weighted by atomic mass is 9.93. The first-order valence-corrected chi connectivity index (χ1v) is 7.23. The summed E-state index contributed by atoms with van der Waals surface area (Å²) < 4.78 is 5.26. The Morgan fingerprint density at radius 2 is 1.47 bits per heavy atom. The van der Waals surface area contributed by atoms with Crippen molar-refractivity contribution in [2.24, 2.45) is 11.8 Å². The second kappa shape index (κ2) is 10.8. The van der Waals surface area contributed by atoms with Gasteiger partial charge in [-0.05, 0) is 31.6 Å². The van der Waals surface area contributed by atoms with Crippen molar-refractivity contribution in [1.82, 2.24) is 0 Å². The zero-order valence-corrected chi connectivity index (χ0v) is 12.4. The third kappa shape index (κ3) is 10.6. The van der Waals surface area contributed by atoms with Crippen LogP contribution in [0.2, 0.25) is 0 Å². The number of hydrogen-bond acceptors (Lipinski definition) is 1. The maximum absolute atomic E-state index is 5.26. The van der Waals surface area contributed by atoms with E-state index in [-0.39, 0.29) is 0 Å². The molecule has 0 aromatic heterocycles. The Kier molecular flexibility index (Phi) is 10.6. The smallest absolute Gasteiger partial charge is 0.0543 e. The van der Waals surface area contributed by atoms with E-state index in [0.29, 0.717) is 6.10 Å². The number of hydrogen-bond donors (Lipinski definition) is 0. The van der Waals surface area contributed by atoms with Crippen molar-refractivity contribution >= 4 is 0 Å². The summed E-state index contributed by atoms with van der Waals surface area (Å²) in [5.74, 6) is 1.68. The molecule has 0 bridgehead atoms. The van der Waals surface area contributed by atoms with E-state index in [1.165, 1.54) is 44.9 Å². The monoisotopic (exact) mass is 240 g/mol. The van der Waals surface area contributed by atoms with Crippen LogP contribution in [-0.2, 0) is 4.74 Å². The standard InChI is InChI=1S/C16H32O/c1-6-9-14(2)10-7-11-15(3)12-8-13-16(4)17-5/h6,14-16H,1,7-13H2,2-5H3. The van der Waals surface area contributed by atoms with Crippen LogP contribution in [0.5, 0.6) is 0 Å².